The summed E-state index contributed by atoms with van der Waals surface area (Å²) in [6.07, 6.45) is 0. The van der Waals surface area contributed by atoms with Crippen LogP contribution < -0.4 is 10.2 Å². The second-order valence-corrected chi connectivity index (χ2v) is 6.65. The molecule has 1 unspecified atom stereocenters. The summed E-state index contributed by atoms with van der Waals surface area (Å²) in [5.74, 6) is 0. The van der Waals surface area contributed by atoms with Gasteiger partial charge in [0, 0.05) is 51.0 Å². The molecule has 0 spiro atoms. The van der Waals surface area contributed by atoms with Crippen LogP contribution in [0, 0.1) is 11.3 Å². The second-order valence-electron chi connectivity index (χ2n) is 6.65. The fourth-order valence-corrected chi connectivity index (χ4v) is 3.37. The highest BCUT2D eigenvalue weighted by molar-refractivity contribution is 5.46. The quantitative estimate of drug-likeness (QED) is 0.882. The van der Waals surface area contributed by atoms with Gasteiger partial charge in [-0.1, -0.05) is 30.3 Å². The minimum absolute atomic E-state index is 0.511. The smallest absolute Gasteiger partial charge is 0.0991 e. The molecular weight excluding hydrogens is 308 g/mol. The number of nitrogens with zero attached hydrogens (tertiary/aromatic N) is 3. The number of piperazine rings is 1. The van der Waals surface area contributed by atoms with E-state index in [1.54, 1.807) is 0 Å². The van der Waals surface area contributed by atoms with Gasteiger partial charge in [0.1, 0.15) is 0 Å². The van der Waals surface area contributed by atoms with Crippen molar-refractivity contribution in [2.24, 2.45) is 0 Å². The Hall–Kier alpha value is -2.35. The first kappa shape index (κ1) is 17.5. The largest absolute Gasteiger partial charge is 0.369 e. The molecule has 25 heavy (non-hydrogen) atoms. The standard InChI is InChI=1S/C21H26N4/c1-18(16-23-17-20-7-5-6-19(14-20)15-22)24-10-12-25(13-11-24)21-8-3-2-4-9-21/h2-9,14,18,23H,10-13,16-17H2,1H3. The summed E-state index contributed by atoms with van der Waals surface area (Å²) in [6, 6.07) is 21.2. The summed E-state index contributed by atoms with van der Waals surface area (Å²) < 4.78 is 0. The van der Waals surface area contributed by atoms with Gasteiger partial charge in [-0.2, -0.15) is 5.26 Å². The Bertz CT molecular complexity index is 699. The summed E-state index contributed by atoms with van der Waals surface area (Å²) in [4.78, 5) is 5.02. The third-order valence-electron chi connectivity index (χ3n) is 4.88. The molecule has 2 aromatic carbocycles. The van der Waals surface area contributed by atoms with E-state index in [1.165, 1.54) is 11.3 Å². The molecule has 0 aromatic heterocycles. The van der Waals surface area contributed by atoms with Gasteiger partial charge in [0.05, 0.1) is 11.6 Å². The van der Waals surface area contributed by atoms with Crippen LogP contribution in [0.15, 0.2) is 54.6 Å². The van der Waals surface area contributed by atoms with Crippen molar-refractivity contribution >= 4 is 5.69 Å². The molecule has 0 radical (unpaired) electrons. The predicted octanol–water partition coefficient (Wildman–Crippen LogP) is 2.86. The maximum atomic E-state index is 8.97. The van der Waals surface area contributed by atoms with Gasteiger partial charge in [-0.05, 0) is 36.8 Å². The normalized spacial score (nSPS) is 16.4. The molecule has 1 heterocycles. The van der Waals surface area contributed by atoms with E-state index < -0.39 is 0 Å². The van der Waals surface area contributed by atoms with Crippen molar-refractivity contribution in [3.63, 3.8) is 0 Å². The lowest BCUT2D eigenvalue weighted by Crippen LogP contribution is -2.51. The minimum atomic E-state index is 0.511. The molecule has 0 bridgehead atoms. The zero-order valence-corrected chi connectivity index (χ0v) is 14.9. The average Bonchev–Trinajstić information content (AvgIpc) is 2.69. The number of anilines is 1. The minimum Gasteiger partial charge on any atom is -0.369 e. The Morgan fingerprint density at radius 3 is 2.52 bits per heavy atom. The maximum Gasteiger partial charge on any atom is 0.0991 e. The SMILES string of the molecule is CC(CNCc1cccc(C#N)c1)N1CCN(c2ccccc2)CC1. The summed E-state index contributed by atoms with van der Waals surface area (Å²) in [6.45, 7) is 8.42. The topological polar surface area (TPSA) is 42.3 Å². The van der Waals surface area contributed by atoms with Crippen LogP contribution >= 0.6 is 0 Å². The molecule has 0 saturated carbocycles. The van der Waals surface area contributed by atoms with E-state index in [0.29, 0.717) is 6.04 Å². The maximum absolute atomic E-state index is 8.97. The molecule has 1 aliphatic rings. The van der Waals surface area contributed by atoms with Crippen molar-refractivity contribution in [1.29, 1.82) is 5.26 Å². The van der Waals surface area contributed by atoms with Gasteiger partial charge < -0.3 is 10.2 Å². The molecule has 1 aliphatic heterocycles. The van der Waals surface area contributed by atoms with E-state index in [1.807, 2.05) is 18.2 Å². The van der Waals surface area contributed by atoms with Crippen LogP contribution in [0.5, 0.6) is 0 Å². The zero-order valence-electron chi connectivity index (χ0n) is 14.9. The molecular formula is C21H26N4. The van der Waals surface area contributed by atoms with Crippen molar-refractivity contribution in [3.05, 3.63) is 65.7 Å². The van der Waals surface area contributed by atoms with Crippen molar-refractivity contribution in [3.8, 4) is 6.07 Å². The van der Waals surface area contributed by atoms with Crippen LogP contribution in [-0.4, -0.2) is 43.7 Å². The van der Waals surface area contributed by atoms with E-state index in [0.717, 1.165) is 44.8 Å². The zero-order chi connectivity index (χ0) is 17.5. The first-order valence-electron chi connectivity index (χ1n) is 9.00. The van der Waals surface area contributed by atoms with Crippen molar-refractivity contribution in [1.82, 2.24) is 10.2 Å². The fraction of sp³-hybridized carbons (Fsp3) is 0.381. The van der Waals surface area contributed by atoms with Crippen LogP contribution in [0.25, 0.3) is 0 Å². The van der Waals surface area contributed by atoms with Crippen molar-refractivity contribution < 1.29 is 0 Å². The van der Waals surface area contributed by atoms with E-state index in [-0.39, 0.29) is 0 Å². The molecule has 2 aromatic rings. The van der Waals surface area contributed by atoms with Crippen molar-refractivity contribution in [2.45, 2.75) is 19.5 Å². The van der Waals surface area contributed by atoms with Crippen molar-refractivity contribution in [2.75, 3.05) is 37.6 Å². The number of rotatable bonds is 6. The van der Waals surface area contributed by atoms with E-state index in [9.17, 15) is 0 Å². The van der Waals surface area contributed by atoms with Gasteiger partial charge in [0.2, 0.25) is 0 Å². The fourth-order valence-electron chi connectivity index (χ4n) is 3.37. The number of nitrogens with one attached hydrogen (secondary N) is 1. The number of hydrogen-bond acceptors (Lipinski definition) is 4. The Balaban J connectivity index is 1.42. The lowest BCUT2D eigenvalue weighted by Gasteiger charge is -2.39. The molecule has 1 atom stereocenters. The Morgan fingerprint density at radius 1 is 1.04 bits per heavy atom. The summed E-state index contributed by atoms with van der Waals surface area (Å²) in [5, 5.41) is 12.5. The van der Waals surface area contributed by atoms with Crippen LogP contribution in [0.3, 0.4) is 0 Å². The molecule has 0 amide bonds. The third kappa shape index (κ3) is 4.82. The van der Waals surface area contributed by atoms with E-state index >= 15 is 0 Å². The summed E-state index contributed by atoms with van der Waals surface area (Å²) in [7, 11) is 0. The number of hydrogen-bond donors (Lipinski definition) is 1. The Kier molecular flexibility index (Phi) is 6.05. The monoisotopic (exact) mass is 334 g/mol. The first-order valence-corrected chi connectivity index (χ1v) is 9.00. The van der Waals surface area contributed by atoms with Crippen LogP contribution in [0.2, 0.25) is 0 Å². The van der Waals surface area contributed by atoms with E-state index in [4.69, 9.17) is 5.26 Å². The van der Waals surface area contributed by atoms with Gasteiger partial charge in [-0.3, -0.25) is 4.90 Å². The number of benzene rings is 2. The summed E-state index contributed by atoms with van der Waals surface area (Å²) in [5.41, 5.74) is 3.22. The molecule has 4 heteroatoms. The molecule has 3 rings (SSSR count). The molecule has 1 saturated heterocycles. The van der Waals surface area contributed by atoms with Gasteiger partial charge in [0.15, 0.2) is 0 Å². The lowest BCUT2D eigenvalue weighted by molar-refractivity contribution is 0.193. The molecule has 0 aliphatic carbocycles. The van der Waals surface area contributed by atoms with Crippen LogP contribution in [0.1, 0.15) is 18.1 Å². The summed E-state index contributed by atoms with van der Waals surface area (Å²) >= 11 is 0. The van der Waals surface area contributed by atoms with Gasteiger partial charge in [-0.15, -0.1) is 0 Å². The first-order chi connectivity index (χ1) is 12.3. The van der Waals surface area contributed by atoms with E-state index in [2.05, 4.69) is 64.5 Å². The Labute approximate surface area is 150 Å². The average molecular weight is 334 g/mol. The highest BCUT2D eigenvalue weighted by Crippen LogP contribution is 2.16. The Morgan fingerprint density at radius 2 is 1.80 bits per heavy atom. The van der Waals surface area contributed by atoms with Crippen LogP contribution in [0.4, 0.5) is 5.69 Å². The molecule has 130 valence electrons. The third-order valence-corrected chi connectivity index (χ3v) is 4.88. The van der Waals surface area contributed by atoms with Gasteiger partial charge in [0.25, 0.3) is 0 Å². The number of para-hydroxylation sites is 1. The highest BCUT2D eigenvalue weighted by atomic mass is 15.3. The van der Waals surface area contributed by atoms with Gasteiger partial charge in [-0.25, -0.2) is 0 Å². The lowest BCUT2D eigenvalue weighted by atomic mass is 10.1. The molecule has 1 N–H and O–H groups in total. The molecule has 4 nitrogen and oxygen atoms in total. The number of nitriles is 1. The second kappa shape index (κ2) is 8.66. The molecule has 1 fully saturated rings. The predicted molar refractivity (Wildman–Crippen MR) is 103 cm³/mol. The van der Waals surface area contributed by atoms with Crippen LogP contribution in [-0.2, 0) is 6.54 Å². The highest BCUT2D eigenvalue weighted by Gasteiger charge is 2.20. The van der Waals surface area contributed by atoms with Gasteiger partial charge >= 0.3 is 0 Å².